The van der Waals surface area contributed by atoms with Gasteiger partial charge in [-0.25, -0.2) is 4.98 Å². The number of rotatable bonds is 1. The molecule has 1 saturated heterocycles. The number of aromatic amines is 1. The molecular weight excluding hydrogens is 367 g/mol. The molecule has 1 aliphatic heterocycles. The predicted molar refractivity (Wildman–Crippen MR) is 84.0 cm³/mol. The summed E-state index contributed by atoms with van der Waals surface area (Å²) in [4.78, 5) is 19.2. The third kappa shape index (κ3) is 3.01. The number of nitrogens with one attached hydrogen (secondary N) is 1. The first-order chi connectivity index (χ1) is 7.99. The molecule has 0 bridgehead atoms. The second-order valence-electron chi connectivity index (χ2n) is 4.22. The van der Waals surface area contributed by atoms with Crippen molar-refractivity contribution >= 4 is 46.1 Å². The molecule has 94 valence electrons. The van der Waals surface area contributed by atoms with Crippen LogP contribution in [0.5, 0.6) is 0 Å². The zero-order valence-corrected chi connectivity index (χ0v) is 13.8. The Labute approximate surface area is 123 Å². The van der Waals surface area contributed by atoms with E-state index in [1.54, 1.807) is 0 Å². The van der Waals surface area contributed by atoms with Gasteiger partial charge in [0, 0.05) is 16.3 Å². The van der Waals surface area contributed by atoms with Gasteiger partial charge in [-0.15, -0.1) is 11.8 Å². The SMILES string of the molecule is Cc1nc(C2CSC(C)C(C)S2)[nH]c(=O)c1I. The zero-order chi connectivity index (χ0) is 12.6. The maximum Gasteiger partial charge on any atom is 0.264 e. The van der Waals surface area contributed by atoms with Gasteiger partial charge in [0.05, 0.1) is 14.5 Å². The Hall–Kier alpha value is 0.310. The molecule has 3 nitrogen and oxygen atoms in total. The molecule has 3 atom stereocenters. The molecule has 2 rings (SSSR count). The van der Waals surface area contributed by atoms with E-state index in [4.69, 9.17) is 0 Å². The van der Waals surface area contributed by atoms with Crippen molar-refractivity contribution in [2.24, 2.45) is 0 Å². The fourth-order valence-electron chi connectivity index (χ4n) is 1.67. The van der Waals surface area contributed by atoms with Crippen LogP contribution in [0.25, 0.3) is 0 Å². The average molecular weight is 382 g/mol. The fraction of sp³-hybridized carbons (Fsp3) is 0.636. The van der Waals surface area contributed by atoms with Crippen LogP contribution in [0.2, 0.25) is 0 Å². The van der Waals surface area contributed by atoms with E-state index in [0.29, 0.717) is 19.3 Å². The zero-order valence-electron chi connectivity index (χ0n) is 9.99. The van der Waals surface area contributed by atoms with Gasteiger partial charge in [-0.3, -0.25) is 4.79 Å². The van der Waals surface area contributed by atoms with E-state index in [1.807, 2.05) is 53.0 Å². The van der Waals surface area contributed by atoms with Crippen LogP contribution >= 0.6 is 46.1 Å². The quantitative estimate of drug-likeness (QED) is 0.759. The van der Waals surface area contributed by atoms with E-state index >= 15 is 0 Å². The van der Waals surface area contributed by atoms with Gasteiger partial charge in [0.1, 0.15) is 5.82 Å². The van der Waals surface area contributed by atoms with E-state index < -0.39 is 0 Å². The Morgan fingerprint density at radius 2 is 2.12 bits per heavy atom. The van der Waals surface area contributed by atoms with Gasteiger partial charge in [-0.1, -0.05) is 13.8 Å². The van der Waals surface area contributed by atoms with E-state index in [-0.39, 0.29) is 5.56 Å². The maximum atomic E-state index is 11.7. The summed E-state index contributed by atoms with van der Waals surface area (Å²) in [5.74, 6) is 1.86. The summed E-state index contributed by atoms with van der Waals surface area (Å²) in [5, 5.41) is 1.59. The van der Waals surface area contributed by atoms with Gasteiger partial charge in [-0.2, -0.15) is 11.8 Å². The van der Waals surface area contributed by atoms with Crippen molar-refractivity contribution in [3.8, 4) is 0 Å². The number of aromatic nitrogens is 2. The summed E-state index contributed by atoms with van der Waals surface area (Å²) in [7, 11) is 0. The molecule has 6 heteroatoms. The fourth-order valence-corrected chi connectivity index (χ4v) is 4.79. The predicted octanol–water partition coefficient (Wildman–Crippen LogP) is 2.98. The van der Waals surface area contributed by atoms with Crippen LogP contribution in [0.1, 0.15) is 30.6 Å². The largest absolute Gasteiger partial charge is 0.309 e. The normalized spacial score (nSPS) is 29.3. The van der Waals surface area contributed by atoms with Crippen LogP contribution in [-0.4, -0.2) is 26.2 Å². The smallest absolute Gasteiger partial charge is 0.264 e. The lowest BCUT2D eigenvalue weighted by Crippen LogP contribution is -2.25. The topological polar surface area (TPSA) is 45.8 Å². The second kappa shape index (κ2) is 5.52. The Bertz CT molecular complexity index is 477. The van der Waals surface area contributed by atoms with Crippen molar-refractivity contribution in [2.75, 3.05) is 5.75 Å². The van der Waals surface area contributed by atoms with Crippen molar-refractivity contribution in [2.45, 2.75) is 36.5 Å². The molecule has 0 spiro atoms. The Morgan fingerprint density at radius 3 is 2.71 bits per heavy atom. The summed E-state index contributed by atoms with van der Waals surface area (Å²) in [6, 6.07) is 0. The highest BCUT2D eigenvalue weighted by Crippen LogP contribution is 2.42. The number of hydrogen-bond donors (Lipinski definition) is 1. The van der Waals surface area contributed by atoms with Crippen LogP contribution in [0.3, 0.4) is 0 Å². The number of H-pyrrole nitrogens is 1. The highest BCUT2D eigenvalue weighted by atomic mass is 127. The molecule has 1 aromatic rings. The van der Waals surface area contributed by atoms with Crippen LogP contribution in [0.4, 0.5) is 0 Å². The molecule has 0 aliphatic carbocycles. The number of thioether (sulfide) groups is 2. The molecule has 2 heterocycles. The molecule has 3 unspecified atom stereocenters. The third-order valence-corrected chi connectivity index (χ3v) is 7.57. The first kappa shape index (κ1) is 13.7. The third-order valence-electron chi connectivity index (χ3n) is 2.90. The monoisotopic (exact) mass is 382 g/mol. The molecule has 0 amide bonds. The molecule has 1 aliphatic rings. The summed E-state index contributed by atoms with van der Waals surface area (Å²) in [6.07, 6.45) is 0. The summed E-state index contributed by atoms with van der Waals surface area (Å²) in [6.45, 7) is 6.40. The van der Waals surface area contributed by atoms with Gasteiger partial charge < -0.3 is 4.98 Å². The molecular formula is C11H15IN2OS2. The minimum absolute atomic E-state index is 0.00928. The second-order valence-corrected chi connectivity index (χ2v) is 8.29. The average Bonchev–Trinajstić information content (AvgIpc) is 2.29. The van der Waals surface area contributed by atoms with Crippen molar-refractivity contribution in [1.29, 1.82) is 0 Å². The highest BCUT2D eigenvalue weighted by molar-refractivity contribution is 14.1. The molecule has 1 fully saturated rings. The van der Waals surface area contributed by atoms with Gasteiger partial charge in [-0.05, 0) is 29.5 Å². The minimum atomic E-state index is -0.00928. The molecule has 1 N–H and O–H groups in total. The first-order valence-corrected chi connectivity index (χ1v) is 8.59. The van der Waals surface area contributed by atoms with Crippen LogP contribution in [0, 0.1) is 10.5 Å². The molecule has 0 aromatic carbocycles. The van der Waals surface area contributed by atoms with Crippen LogP contribution in [-0.2, 0) is 0 Å². The van der Waals surface area contributed by atoms with E-state index in [9.17, 15) is 4.79 Å². The Kier molecular flexibility index (Phi) is 4.46. The Morgan fingerprint density at radius 1 is 1.41 bits per heavy atom. The summed E-state index contributed by atoms with van der Waals surface area (Å²) in [5.41, 5.74) is 0.825. The van der Waals surface area contributed by atoms with Gasteiger partial charge in [0.15, 0.2) is 0 Å². The standard InChI is InChI=1S/C11H15IN2OS2/c1-5-9(12)11(15)14-10(13-5)8-4-16-6(2)7(3)17-8/h6-8H,4H2,1-3H3,(H,13,14,15). The number of nitrogens with zero attached hydrogens (tertiary/aromatic N) is 1. The molecule has 1 aromatic heterocycles. The minimum Gasteiger partial charge on any atom is -0.309 e. The highest BCUT2D eigenvalue weighted by Gasteiger charge is 2.28. The van der Waals surface area contributed by atoms with Crippen molar-refractivity contribution < 1.29 is 0 Å². The Balaban J connectivity index is 2.26. The summed E-state index contributed by atoms with van der Waals surface area (Å²) < 4.78 is 0.696. The molecule has 0 saturated carbocycles. The van der Waals surface area contributed by atoms with E-state index in [0.717, 1.165) is 17.3 Å². The maximum absolute atomic E-state index is 11.7. The molecule has 0 radical (unpaired) electrons. The van der Waals surface area contributed by atoms with Crippen molar-refractivity contribution in [3.63, 3.8) is 0 Å². The van der Waals surface area contributed by atoms with Gasteiger partial charge >= 0.3 is 0 Å². The van der Waals surface area contributed by atoms with Crippen molar-refractivity contribution in [3.05, 3.63) is 25.4 Å². The lowest BCUT2D eigenvalue weighted by Gasteiger charge is -2.30. The lowest BCUT2D eigenvalue weighted by atomic mass is 10.3. The van der Waals surface area contributed by atoms with Crippen molar-refractivity contribution in [1.82, 2.24) is 9.97 Å². The molecule has 17 heavy (non-hydrogen) atoms. The van der Waals surface area contributed by atoms with Gasteiger partial charge in [0.2, 0.25) is 0 Å². The van der Waals surface area contributed by atoms with E-state index in [2.05, 4.69) is 23.8 Å². The number of hydrogen-bond acceptors (Lipinski definition) is 4. The van der Waals surface area contributed by atoms with Gasteiger partial charge in [0.25, 0.3) is 5.56 Å². The number of aryl methyl sites for hydroxylation is 1. The van der Waals surface area contributed by atoms with Crippen LogP contribution < -0.4 is 5.56 Å². The van der Waals surface area contributed by atoms with Crippen LogP contribution in [0.15, 0.2) is 4.79 Å². The first-order valence-electron chi connectivity index (χ1n) is 5.52. The summed E-state index contributed by atoms with van der Waals surface area (Å²) >= 11 is 5.92. The van der Waals surface area contributed by atoms with E-state index in [1.165, 1.54) is 0 Å². The lowest BCUT2D eigenvalue weighted by molar-refractivity contribution is 0.840. The number of halogens is 1.